The van der Waals surface area contributed by atoms with Gasteiger partial charge in [0.2, 0.25) is 0 Å². The average molecular weight is 519 g/mol. The topological polar surface area (TPSA) is 49.8 Å². The van der Waals surface area contributed by atoms with Crippen molar-refractivity contribution in [2.24, 2.45) is 0 Å². The van der Waals surface area contributed by atoms with E-state index in [-0.39, 0.29) is 0 Å². The van der Waals surface area contributed by atoms with Gasteiger partial charge >= 0.3 is 0 Å². The molecule has 3 aromatic heterocycles. The fourth-order valence-electron chi connectivity index (χ4n) is 4.12. The molecule has 5 aromatic rings. The zero-order valence-corrected chi connectivity index (χ0v) is 22.0. The number of hydrogen-bond acceptors (Lipinski definition) is 8. The number of hydrogen-bond donors (Lipinski definition) is 2. The molecule has 34 heavy (non-hydrogen) atoms. The Bertz CT molecular complexity index is 1460. The quantitative estimate of drug-likeness (QED) is 0.244. The fraction of sp³-hybridized carbons (Fsp3) is 0.154. The summed E-state index contributed by atoms with van der Waals surface area (Å²) in [6, 6.07) is 16.8. The maximum Gasteiger partial charge on any atom is 0.114 e. The van der Waals surface area contributed by atoms with Gasteiger partial charge in [-0.2, -0.15) is 0 Å². The minimum absolute atomic E-state index is 0.938. The van der Waals surface area contributed by atoms with Crippen LogP contribution in [0.1, 0.15) is 5.56 Å². The van der Waals surface area contributed by atoms with E-state index in [1.807, 2.05) is 30.6 Å². The molecule has 0 fully saturated rings. The van der Waals surface area contributed by atoms with Crippen molar-refractivity contribution in [3.05, 3.63) is 64.9 Å². The molecule has 0 unspecified atom stereocenters. The van der Waals surface area contributed by atoms with Crippen LogP contribution in [0.5, 0.6) is 0 Å². The van der Waals surface area contributed by atoms with Crippen LogP contribution in [0.15, 0.2) is 69.1 Å². The Hall–Kier alpha value is -2.52. The molecule has 0 bridgehead atoms. The molecule has 1 aliphatic rings. The van der Waals surface area contributed by atoms with Gasteiger partial charge in [-0.25, -0.2) is 9.97 Å². The Balaban J connectivity index is 1.63. The summed E-state index contributed by atoms with van der Waals surface area (Å²) in [5, 5.41) is 11.1. The van der Waals surface area contributed by atoms with E-state index in [1.165, 1.54) is 15.4 Å². The van der Waals surface area contributed by atoms with Crippen molar-refractivity contribution in [3.63, 3.8) is 0 Å². The van der Waals surface area contributed by atoms with Crippen LogP contribution in [-0.4, -0.2) is 28.5 Å². The third-order valence-electron chi connectivity index (χ3n) is 5.79. The number of aryl methyl sites for hydroxylation is 1. The van der Waals surface area contributed by atoms with E-state index in [2.05, 4.69) is 76.8 Å². The smallest absolute Gasteiger partial charge is 0.114 e. The lowest BCUT2D eigenvalue weighted by Gasteiger charge is -2.24. The lowest BCUT2D eigenvalue weighted by atomic mass is 10.1. The molecule has 6 rings (SSSR count). The van der Waals surface area contributed by atoms with Gasteiger partial charge in [0, 0.05) is 39.7 Å². The molecule has 1 aliphatic heterocycles. The van der Waals surface area contributed by atoms with Crippen molar-refractivity contribution in [2.45, 2.75) is 16.7 Å². The summed E-state index contributed by atoms with van der Waals surface area (Å²) in [6.07, 6.45) is 0. The molecule has 2 N–H and O–H groups in total. The van der Waals surface area contributed by atoms with Gasteiger partial charge in [-0.1, -0.05) is 12.1 Å². The fourth-order valence-corrected chi connectivity index (χ4v) is 8.10. The number of anilines is 3. The highest BCUT2D eigenvalue weighted by atomic mass is 32.2. The molecule has 4 heterocycles. The number of thiophene rings is 2. The zero-order valence-electron chi connectivity index (χ0n) is 18.7. The number of fused-ring (bicyclic) bond motifs is 2. The van der Waals surface area contributed by atoms with E-state index in [0.29, 0.717) is 0 Å². The number of nitrogens with zero attached hydrogens (tertiary/aromatic N) is 2. The standard InChI is InChI=1S/C26H22N4S4/c1-15-20-23(30-22(19-6-4-12-32-19)21(29-20)18-5-3-11-31-18)24(26-25(15)33-13-14-34-26)28-17-9-7-16(27-2)8-10-17/h3-12,27-28H,13-14H2,1-2H3. The van der Waals surface area contributed by atoms with Crippen molar-refractivity contribution in [2.75, 3.05) is 29.2 Å². The maximum absolute atomic E-state index is 5.33. The number of rotatable bonds is 5. The molecule has 0 spiro atoms. The van der Waals surface area contributed by atoms with E-state index < -0.39 is 0 Å². The van der Waals surface area contributed by atoms with Gasteiger partial charge in [0.25, 0.3) is 0 Å². The molecule has 8 heteroatoms. The first-order valence-electron chi connectivity index (χ1n) is 11.0. The number of thioether (sulfide) groups is 2. The van der Waals surface area contributed by atoms with Gasteiger partial charge in [0.15, 0.2) is 0 Å². The number of benzene rings is 2. The highest BCUT2D eigenvalue weighted by Gasteiger charge is 2.25. The van der Waals surface area contributed by atoms with Gasteiger partial charge in [0.1, 0.15) is 16.9 Å². The minimum Gasteiger partial charge on any atom is -0.388 e. The lowest BCUT2D eigenvalue weighted by molar-refractivity contribution is 1.15. The van der Waals surface area contributed by atoms with Gasteiger partial charge in [-0.3, -0.25) is 0 Å². The minimum atomic E-state index is 0.938. The predicted molar refractivity (Wildman–Crippen MR) is 152 cm³/mol. The normalized spacial score (nSPS) is 13.1. The molecular weight excluding hydrogens is 497 g/mol. The SMILES string of the molecule is CNc1ccc(Nc2c3c(c(C)c4nc(-c5cccs5)c(-c5cccs5)nc24)SCCS3)cc1. The van der Waals surface area contributed by atoms with Crippen LogP contribution < -0.4 is 10.6 Å². The molecule has 2 aromatic carbocycles. The largest absolute Gasteiger partial charge is 0.388 e. The Morgan fingerprint density at radius 3 is 1.91 bits per heavy atom. The average Bonchev–Trinajstić information content (AvgIpc) is 3.61. The van der Waals surface area contributed by atoms with E-state index in [4.69, 9.17) is 9.97 Å². The molecule has 0 saturated carbocycles. The molecular formula is C26H22N4S4. The van der Waals surface area contributed by atoms with Crippen molar-refractivity contribution >= 4 is 74.3 Å². The van der Waals surface area contributed by atoms with E-state index >= 15 is 0 Å². The molecule has 0 atom stereocenters. The predicted octanol–water partition coefficient (Wildman–Crippen LogP) is 8.38. The third kappa shape index (κ3) is 3.88. The van der Waals surface area contributed by atoms with Gasteiger partial charge in [0.05, 0.1) is 21.0 Å². The first kappa shape index (κ1) is 22.0. The summed E-state index contributed by atoms with van der Waals surface area (Å²) >= 11 is 7.27. The second kappa shape index (κ2) is 9.26. The van der Waals surface area contributed by atoms with Crippen LogP contribution in [0, 0.1) is 6.92 Å². The third-order valence-corrected chi connectivity index (χ3v) is 10.2. The molecule has 0 saturated heterocycles. The van der Waals surface area contributed by atoms with Crippen LogP contribution >= 0.6 is 46.2 Å². The molecule has 0 amide bonds. The highest BCUT2D eigenvalue weighted by Crippen LogP contribution is 2.49. The van der Waals surface area contributed by atoms with Crippen LogP contribution in [0.25, 0.3) is 32.2 Å². The van der Waals surface area contributed by atoms with Crippen LogP contribution in [0.2, 0.25) is 0 Å². The molecule has 170 valence electrons. The van der Waals surface area contributed by atoms with Gasteiger partial charge in [-0.05, 0) is 59.6 Å². The van der Waals surface area contributed by atoms with E-state index in [0.717, 1.165) is 60.7 Å². The summed E-state index contributed by atoms with van der Waals surface area (Å²) in [5.41, 5.74) is 8.25. The summed E-state index contributed by atoms with van der Waals surface area (Å²) in [7, 11) is 1.94. The number of aromatic nitrogens is 2. The second-order valence-electron chi connectivity index (χ2n) is 7.88. The summed E-state index contributed by atoms with van der Waals surface area (Å²) < 4.78 is 0. The van der Waals surface area contributed by atoms with Crippen molar-refractivity contribution in [3.8, 4) is 21.1 Å². The second-order valence-corrected chi connectivity index (χ2v) is 12.0. The van der Waals surface area contributed by atoms with Gasteiger partial charge < -0.3 is 10.6 Å². The first-order valence-corrected chi connectivity index (χ1v) is 14.7. The Labute approximate surface area is 215 Å². The highest BCUT2D eigenvalue weighted by molar-refractivity contribution is 8.05. The van der Waals surface area contributed by atoms with Crippen LogP contribution in [0.3, 0.4) is 0 Å². The van der Waals surface area contributed by atoms with Crippen LogP contribution in [-0.2, 0) is 0 Å². The van der Waals surface area contributed by atoms with Crippen molar-refractivity contribution < 1.29 is 0 Å². The molecule has 0 aliphatic carbocycles. The molecule has 0 radical (unpaired) electrons. The summed E-state index contributed by atoms with van der Waals surface area (Å²) in [6.45, 7) is 2.20. The van der Waals surface area contributed by atoms with E-state index in [9.17, 15) is 0 Å². The zero-order chi connectivity index (χ0) is 23.1. The summed E-state index contributed by atoms with van der Waals surface area (Å²) in [5.74, 6) is 2.20. The Morgan fingerprint density at radius 2 is 1.32 bits per heavy atom. The lowest BCUT2D eigenvalue weighted by Crippen LogP contribution is -2.06. The summed E-state index contributed by atoms with van der Waals surface area (Å²) in [4.78, 5) is 15.5. The van der Waals surface area contributed by atoms with Crippen LogP contribution in [0.4, 0.5) is 17.1 Å². The first-order chi connectivity index (χ1) is 16.7. The number of nitrogens with one attached hydrogen (secondary N) is 2. The van der Waals surface area contributed by atoms with Gasteiger partial charge in [-0.15, -0.1) is 46.2 Å². The van der Waals surface area contributed by atoms with Crippen molar-refractivity contribution in [1.29, 1.82) is 0 Å². The van der Waals surface area contributed by atoms with E-state index in [1.54, 1.807) is 22.7 Å². The monoisotopic (exact) mass is 518 g/mol. The Kier molecular flexibility index (Phi) is 5.99. The Morgan fingerprint density at radius 1 is 0.735 bits per heavy atom. The maximum atomic E-state index is 5.33. The van der Waals surface area contributed by atoms with Crippen molar-refractivity contribution in [1.82, 2.24) is 9.97 Å². The molecule has 4 nitrogen and oxygen atoms in total.